The quantitative estimate of drug-likeness (QED) is 0.754. The average Bonchev–Trinajstić information content (AvgIpc) is 2.89. The van der Waals surface area contributed by atoms with Crippen LogP contribution in [0.25, 0.3) is 22.2 Å². The number of hydrogen-bond acceptors (Lipinski definition) is 4. The zero-order chi connectivity index (χ0) is 15.9. The number of aromatic nitrogens is 2. The number of hydrogen-bond donors (Lipinski definition) is 2. The number of pyridine rings is 1. The van der Waals surface area contributed by atoms with Gasteiger partial charge < -0.3 is 4.98 Å². The Morgan fingerprint density at radius 3 is 2.64 bits per heavy atom. The Balaban J connectivity index is 2.31. The van der Waals surface area contributed by atoms with Crippen LogP contribution in [0.2, 0.25) is 0 Å². The van der Waals surface area contributed by atoms with E-state index >= 15 is 0 Å². The normalized spacial score (nSPS) is 11.7. The monoisotopic (exact) mass is 315 g/mol. The maximum atomic E-state index is 12.1. The summed E-state index contributed by atoms with van der Waals surface area (Å²) in [6.45, 7) is 1.77. The van der Waals surface area contributed by atoms with Crippen LogP contribution in [0.15, 0.2) is 42.6 Å². The molecular weight excluding hydrogens is 302 g/mol. The Morgan fingerprint density at radius 2 is 1.91 bits per heavy atom. The van der Waals surface area contributed by atoms with Gasteiger partial charge in [-0.25, -0.2) is 13.6 Å². The maximum Gasteiger partial charge on any atom is 0.293 e. The van der Waals surface area contributed by atoms with Gasteiger partial charge in [-0.05, 0) is 25.1 Å². The van der Waals surface area contributed by atoms with E-state index in [1.807, 2.05) is 24.3 Å². The number of carbonyl (C=O) groups is 1. The lowest BCUT2D eigenvalue weighted by atomic mass is 10.0. The molecule has 0 bridgehead atoms. The number of nitrogens with one attached hydrogen (secondary N) is 1. The summed E-state index contributed by atoms with van der Waals surface area (Å²) in [6.07, 6.45) is 1.70. The highest BCUT2D eigenvalue weighted by molar-refractivity contribution is 8.04. The molecule has 0 aliphatic rings. The fraction of sp³-hybridized carbons (Fsp3) is 0.0667. The van der Waals surface area contributed by atoms with Crippen LogP contribution < -0.4 is 5.14 Å². The van der Waals surface area contributed by atoms with Crippen LogP contribution in [0.4, 0.5) is 0 Å². The van der Waals surface area contributed by atoms with Crippen molar-refractivity contribution in [3.63, 3.8) is 0 Å². The number of carbonyl (C=O) groups excluding carboxylic acids is 1. The molecule has 7 heteroatoms. The fourth-order valence-corrected chi connectivity index (χ4v) is 2.82. The number of rotatable bonds is 2. The van der Waals surface area contributed by atoms with Crippen LogP contribution in [0, 0.1) is 6.92 Å². The molecule has 3 rings (SSSR count). The third kappa shape index (κ3) is 2.40. The third-order valence-corrected chi connectivity index (χ3v) is 4.09. The lowest BCUT2D eigenvalue weighted by Gasteiger charge is -2.07. The SMILES string of the molecule is Cc1ccc(C(=O)S(N)(=O)=O)c(-c2c[nH]c3ccccc23)n1. The van der Waals surface area contributed by atoms with Crippen LogP contribution in [0.5, 0.6) is 0 Å². The van der Waals surface area contributed by atoms with E-state index in [1.165, 1.54) is 6.07 Å². The molecule has 0 aliphatic heterocycles. The molecule has 0 saturated heterocycles. The minimum atomic E-state index is -4.32. The van der Waals surface area contributed by atoms with E-state index < -0.39 is 15.1 Å². The first-order valence-corrected chi connectivity index (χ1v) is 8.04. The zero-order valence-corrected chi connectivity index (χ0v) is 12.5. The molecular formula is C15H13N3O3S. The number of aryl methyl sites for hydroxylation is 1. The van der Waals surface area contributed by atoms with E-state index in [4.69, 9.17) is 5.14 Å². The fourth-order valence-electron chi connectivity index (χ4n) is 2.35. The smallest absolute Gasteiger partial charge is 0.293 e. The number of para-hydroxylation sites is 1. The van der Waals surface area contributed by atoms with E-state index in [9.17, 15) is 13.2 Å². The number of aromatic amines is 1. The van der Waals surface area contributed by atoms with E-state index in [1.54, 1.807) is 19.2 Å². The Labute approximate surface area is 127 Å². The van der Waals surface area contributed by atoms with Crippen molar-refractivity contribution in [1.82, 2.24) is 9.97 Å². The average molecular weight is 315 g/mol. The van der Waals surface area contributed by atoms with E-state index in [-0.39, 0.29) is 5.56 Å². The predicted octanol–water partition coefficient (Wildman–Crippen LogP) is 1.97. The minimum Gasteiger partial charge on any atom is -0.360 e. The second kappa shape index (κ2) is 5.04. The molecule has 0 aliphatic carbocycles. The van der Waals surface area contributed by atoms with Gasteiger partial charge in [0.15, 0.2) is 0 Å². The zero-order valence-electron chi connectivity index (χ0n) is 11.7. The highest BCUT2D eigenvalue weighted by Crippen LogP contribution is 2.30. The van der Waals surface area contributed by atoms with Crippen molar-refractivity contribution in [2.24, 2.45) is 5.14 Å². The van der Waals surface area contributed by atoms with Gasteiger partial charge in [0.05, 0.1) is 11.3 Å². The molecule has 3 aromatic rings. The lowest BCUT2D eigenvalue weighted by Crippen LogP contribution is -2.24. The summed E-state index contributed by atoms with van der Waals surface area (Å²) in [7, 11) is -4.32. The summed E-state index contributed by atoms with van der Waals surface area (Å²) >= 11 is 0. The molecule has 112 valence electrons. The number of nitrogens with two attached hydrogens (primary N) is 1. The summed E-state index contributed by atoms with van der Waals surface area (Å²) in [5, 5.41) is 4.68. The number of sulfonamides is 1. The van der Waals surface area contributed by atoms with E-state index in [0.717, 1.165) is 10.9 Å². The number of fused-ring (bicyclic) bond motifs is 1. The maximum absolute atomic E-state index is 12.1. The summed E-state index contributed by atoms with van der Waals surface area (Å²) in [5.74, 6) is 0. The molecule has 0 fully saturated rings. The van der Waals surface area contributed by atoms with Crippen molar-refractivity contribution >= 4 is 26.0 Å². The first-order chi connectivity index (χ1) is 10.4. The van der Waals surface area contributed by atoms with Gasteiger partial charge in [0.1, 0.15) is 0 Å². The Bertz CT molecular complexity index is 990. The summed E-state index contributed by atoms with van der Waals surface area (Å²) in [5.41, 5.74) is 2.47. The van der Waals surface area contributed by atoms with E-state index in [0.29, 0.717) is 17.0 Å². The molecule has 0 atom stereocenters. The molecule has 3 N–H and O–H groups in total. The Kier molecular flexibility index (Phi) is 3.31. The van der Waals surface area contributed by atoms with Crippen molar-refractivity contribution in [1.29, 1.82) is 0 Å². The van der Waals surface area contributed by atoms with Crippen LogP contribution in [-0.2, 0) is 10.0 Å². The van der Waals surface area contributed by atoms with Crippen LogP contribution >= 0.6 is 0 Å². The molecule has 0 saturated carbocycles. The largest absolute Gasteiger partial charge is 0.360 e. The standard InChI is InChI=1S/C15H13N3O3S/c1-9-6-7-11(15(19)22(16,20)21)14(18-9)12-8-17-13-5-3-2-4-10(12)13/h2-8,17H,1H3,(H2,16,20,21). The Hall–Kier alpha value is -2.51. The number of H-pyrrole nitrogens is 1. The topological polar surface area (TPSA) is 106 Å². The van der Waals surface area contributed by atoms with Crippen LogP contribution in [0.3, 0.4) is 0 Å². The molecule has 0 unspecified atom stereocenters. The predicted molar refractivity (Wildman–Crippen MR) is 83.7 cm³/mol. The highest BCUT2D eigenvalue weighted by atomic mass is 32.2. The van der Waals surface area contributed by atoms with Crippen LogP contribution in [0.1, 0.15) is 16.1 Å². The minimum absolute atomic E-state index is 0.0298. The molecule has 6 nitrogen and oxygen atoms in total. The summed E-state index contributed by atoms with van der Waals surface area (Å²) in [6, 6.07) is 10.5. The number of benzene rings is 1. The molecule has 0 radical (unpaired) electrons. The van der Waals surface area contributed by atoms with Gasteiger partial charge in [0.25, 0.3) is 15.1 Å². The van der Waals surface area contributed by atoms with Crippen molar-refractivity contribution in [2.45, 2.75) is 6.92 Å². The van der Waals surface area contributed by atoms with Gasteiger partial charge >= 0.3 is 0 Å². The van der Waals surface area contributed by atoms with Crippen LogP contribution in [-0.4, -0.2) is 23.5 Å². The van der Waals surface area contributed by atoms with Gasteiger partial charge in [-0.3, -0.25) is 9.78 Å². The number of nitrogens with zero attached hydrogens (tertiary/aromatic N) is 1. The first kappa shape index (κ1) is 14.4. The molecule has 1 aromatic carbocycles. The molecule has 2 heterocycles. The summed E-state index contributed by atoms with van der Waals surface area (Å²) < 4.78 is 22.8. The second-order valence-electron chi connectivity index (χ2n) is 4.93. The van der Waals surface area contributed by atoms with Crippen molar-refractivity contribution in [2.75, 3.05) is 0 Å². The van der Waals surface area contributed by atoms with Gasteiger partial charge in [0.2, 0.25) is 0 Å². The number of primary sulfonamides is 1. The van der Waals surface area contributed by atoms with Crippen molar-refractivity contribution in [3.8, 4) is 11.3 Å². The molecule has 22 heavy (non-hydrogen) atoms. The molecule has 0 amide bonds. The molecule has 2 aromatic heterocycles. The molecule has 0 spiro atoms. The van der Waals surface area contributed by atoms with E-state index in [2.05, 4.69) is 9.97 Å². The lowest BCUT2D eigenvalue weighted by molar-refractivity contribution is 0.107. The highest BCUT2D eigenvalue weighted by Gasteiger charge is 2.25. The third-order valence-electron chi connectivity index (χ3n) is 3.36. The summed E-state index contributed by atoms with van der Waals surface area (Å²) in [4.78, 5) is 19.5. The second-order valence-corrected chi connectivity index (χ2v) is 6.39. The van der Waals surface area contributed by atoms with Gasteiger partial charge in [-0.1, -0.05) is 18.2 Å². The van der Waals surface area contributed by atoms with Gasteiger partial charge in [-0.2, -0.15) is 0 Å². The van der Waals surface area contributed by atoms with Gasteiger partial charge in [0, 0.05) is 28.4 Å². The van der Waals surface area contributed by atoms with Crippen molar-refractivity contribution < 1.29 is 13.2 Å². The van der Waals surface area contributed by atoms with Crippen molar-refractivity contribution in [3.05, 3.63) is 53.9 Å². The van der Waals surface area contributed by atoms with Gasteiger partial charge in [-0.15, -0.1) is 0 Å². The first-order valence-electron chi connectivity index (χ1n) is 6.49. The Morgan fingerprint density at radius 1 is 1.18 bits per heavy atom.